The third-order valence-corrected chi connectivity index (χ3v) is 2.81. The minimum atomic E-state index is -1.78. The van der Waals surface area contributed by atoms with E-state index >= 15 is 0 Å². The molecule has 0 aliphatic rings. The summed E-state index contributed by atoms with van der Waals surface area (Å²) in [4.78, 5) is 10.4. The second-order valence-electron chi connectivity index (χ2n) is 3.36. The summed E-state index contributed by atoms with van der Waals surface area (Å²) in [6.45, 7) is 0. The van der Waals surface area contributed by atoms with Crippen LogP contribution in [0.3, 0.4) is 0 Å². The summed E-state index contributed by atoms with van der Waals surface area (Å²) < 4.78 is 10.9. The molecule has 0 aliphatic carbocycles. The highest BCUT2D eigenvalue weighted by Crippen LogP contribution is 2.28. The summed E-state index contributed by atoms with van der Waals surface area (Å²) in [6.07, 6.45) is -0.629. The predicted octanol–water partition coefficient (Wildman–Crippen LogP) is 2.55. The van der Waals surface area contributed by atoms with Crippen molar-refractivity contribution >= 4 is 64.2 Å². The molecule has 0 saturated heterocycles. The van der Waals surface area contributed by atoms with Gasteiger partial charge in [0.05, 0.1) is 0 Å². The third-order valence-electron chi connectivity index (χ3n) is 1.94. The van der Waals surface area contributed by atoms with Gasteiger partial charge in [-0.3, -0.25) is 4.79 Å². The highest BCUT2D eigenvalue weighted by atomic mass is 35.6. The Morgan fingerprint density at radius 2 is 1.89 bits per heavy atom. The van der Waals surface area contributed by atoms with Crippen molar-refractivity contribution in [3.05, 3.63) is 30.1 Å². The fourth-order valence-electron chi connectivity index (χ4n) is 1.12. The number of amides is 1. The van der Waals surface area contributed by atoms with Gasteiger partial charge in [0, 0.05) is 5.69 Å². The van der Waals surface area contributed by atoms with Crippen LogP contribution < -0.4 is 16.0 Å². The predicted molar refractivity (Wildman–Crippen MR) is 79.0 cm³/mol. The van der Waals surface area contributed by atoms with Crippen LogP contribution in [0.15, 0.2) is 24.3 Å². The molecule has 4 nitrogen and oxygen atoms in total. The van der Waals surface area contributed by atoms with Crippen LogP contribution in [0.5, 0.6) is 0 Å². The Hall–Kier alpha value is -0.820. The summed E-state index contributed by atoms with van der Waals surface area (Å²) in [5.74, 6) is -0.369. The minimum Gasteiger partial charge on any atom is -0.339 e. The molecule has 0 spiro atoms. The van der Waals surface area contributed by atoms with Crippen LogP contribution in [-0.4, -0.2) is 21.5 Å². The van der Waals surface area contributed by atoms with Crippen LogP contribution in [0.25, 0.3) is 0 Å². The Kier molecular flexibility index (Phi) is 6.06. The standard InChI is InChI=1S/C10H9Cl3FN3OS/c11-10(12,13)8(15-5-18)17-9(19)16-7-3-1-6(14)2-4-7/h1-5,8H,(H,15,18)(H2,16,17,19)/t8-/m1/s1. The maximum atomic E-state index is 12.7. The van der Waals surface area contributed by atoms with Gasteiger partial charge in [-0.2, -0.15) is 0 Å². The minimum absolute atomic E-state index is 0.109. The van der Waals surface area contributed by atoms with Gasteiger partial charge in [-0.05, 0) is 36.5 Å². The van der Waals surface area contributed by atoms with E-state index in [1.165, 1.54) is 24.3 Å². The molecule has 3 N–H and O–H groups in total. The number of rotatable bonds is 4. The molecule has 0 heterocycles. The SMILES string of the molecule is O=CN[C@H](NC(=S)Nc1ccc(F)cc1)C(Cl)(Cl)Cl. The lowest BCUT2D eigenvalue weighted by Gasteiger charge is -2.26. The molecule has 0 fully saturated rings. The molecule has 0 aromatic heterocycles. The van der Waals surface area contributed by atoms with E-state index in [1.807, 2.05) is 0 Å². The molecule has 0 unspecified atom stereocenters. The van der Waals surface area contributed by atoms with Crippen LogP contribution in [0.2, 0.25) is 0 Å². The maximum Gasteiger partial charge on any atom is 0.228 e. The number of alkyl halides is 3. The van der Waals surface area contributed by atoms with Gasteiger partial charge in [0.25, 0.3) is 0 Å². The van der Waals surface area contributed by atoms with Gasteiger partial charge in [-0.25, -0.2) is 4.39 Å². The van der Waals surface area contributed by atoms with Crippen molar-refractivity contribution < 1.29 is 9.18 Å². The van der Waals surface area contributed by atoms with E-state index in [4.69, 9.17) is 47.0 Å². The van der Waals surface area contributed by atoms with Gasteiger partial charge in [0.15, 0.2) is 5.11 Å². The Labute approximate surface area is 129 Å². The summed E-state index contributed by atoms with van der Waals surface area (Å²) in [7, 11) is 0. The number of benzene rings is 1. The molecule has 0 aliphatic heterocycles. The molecular formula is C10H9Cl3FN3OS. The van der Waals surface area contributed by atoms with E-state index in [0.29, 0.717) is 12.1 Å². The van der Waals surface area contributed by atoms with Gasteiger partial charge in [0.1, 0.15) is 12.0 Å². The Morgan fingerprint density at radius 3 is 2.37 bits per heavy atom. The lowest BCUT2D eigenvalue weighted by atomic mass is 10.3. The smallest absolute Gasteiger partial charge is 0.228 e. The largest absolute Gasteiger partial charge is 0.339 e. The molecule has 1 aromatic rings. The molecule has 0 radical (unpaired) electrons. The molecule has 104 valence electrons. The second kappa shape index (κ2) is 7.09. The van der Waals surface area contributed by atoms with Gasteiger partial charge < -0.3 is 16.0 Å². The van der Waals surface area contributed by atoms with Crippen molar-refractivity contribution in [3.8, 4) is 0 Å². The van der Waals surface area contributed by atoms with Crippen molar-refractivity contribution in [1.82, 2.24) is 10.6 Å². The van der Waals surface area contributed by atoms with Crippen LogP contribution in [-0.2, 0) is 4.79 Å². The van der Waals surface area contributed by atoms with Gasteiger partial charge >= 0.3 is 0 Å². The molecule has 1 rings (SSSR count). The van der Waals surface area contributed by atoms with E-state index in [-0.39, 0.29) is 10.9 Å². The maximum absolute atomic E-state index is 12.7. The molecular weight excluding hydrogens is 336 g/mol. The fraction of sp³-hybridized carbons (Fsp3) is 0.200. The van der Waals surface area contributed by atoms with Gasteiger partial charge in [-0.1, -0.05) is 34.8 Å². The summed E-state index contributed by atoms with van der Waals surface area (Å²) in [5.41, 5.74) is 0.549. The monoisotopic (exact) mass is 343 g/mol. The van der Waals surface area contributed by atoms with Crippen LogP contribution in [0, 0.1) is 5.82 Å². The number of nitrogens with one attached hydrogen (secondary N) is 3. The number of hydrogen-bond donors (Lipinski definition) is 3. The lowest BCUT2D eigenvalue weighted by Crippen LogP contribution is -2.53. The summed E-state index contributed by atoms with van der Waals surface area (Å²) >= 11 is 21.9. The van der Waals surface area contributed by atoms with E-state index in [9.17, 15) is 9.18 Å². The van der Waals surface area contributed by atoms with Crippen molar-refractivity contribution in [1.29, 1.82) is 0 Å². The van der Waals surface area contributed by atoms with Crippen molar-refractivity contribution in [3.63, 3.8) is 0 Å². The number of carbonyl (C=O) groups excluding carboxylic acids is 1. The number of hydrogen-bond acceptors (Lipinski definition) is 2. The summed E-state index contributed by atoms with van der Waals surface area (Å²) in [6, 6.07) is 5.50. The number of anilines is 1. The van der Waals surface area contributed by atoms with Crippen molar-refractivity contribution in [2.75, 3.05) is 5.32 Å². The van der Waals surface area contributed by atoms with E-state index < -0.39 is 9.96 Å². The number of halogens is 4. The zero-order chi connectivity index (χ0) is 14.5. The van der Waals surface area contributed by atoms with E-state index in [2.05, 4.69) is 16.0 Å². The highest BCUT2D eigenvalue weighted by molar-refractivity contribution is 7.80. The molecule has 0 saturated carbocycles. The first-order valence-electron chi connectivity index (χ1n) is 4.92. The highest BCUT2D eigenvalue weighted by Gasteiger charge is 2.32. The lowest BCUT2D eigenvalue weighted by molar-refractivity contribution is -0.110. The molecule has 9 heteroatoms. The van der Waals surface area contributed by atoms with Gasteiger partial charge in [0.2, 0.25) is 10.2 Å². The first kappa shape index (κ1) is 16.2. The topological polar surface area (TPSA) is 53.2 Å². The number of thiocarbonyl (C=S) groups is 1. The van der Waals surface area contributed by atoms with Crippen LogP contribution in [0.1, 0.15) is 0 Å². The third kappa shape index (κ3) is 5.78. The Morgan fingerprint density at radius 1 is 1.32 bits per heavy atom. The Bertz CT molecular complexity index is 452. The van der Waals surface area contributed by atoms with E-state index in [1.54, 1.807) is 0 Å². The van der Waals surface area contributed by atoms with E-state index in [0.717, 1.165) is 0 Å². The average molecular weight is 345 g/mol. The first-order valence-corrected chi connectivity index (χ1v) is 6.46. The van der Waals surface area contributed by atoms with Crippen molar-refractivity contribution in [2.45, 2.75) is 9.96 Å². The first-order chi connectivity index (χ1) is 8.82. The number of carbonyl (C=O) groups is 1. The van der Waals surface area contributed by atoms with Gasteiger partial charge in [-0.15, -0.1) is 0 Å². The molecule has 1 atom stereocenters. The second-order valence-corrected chi connectivity index (χ2v) is 6.14. The molecule has 0 bridgehead atoms. The summed E-state index contributed by atoms with van der Waals surface area (Å²) in [5, 5.41) is 7.74. The fourth-order valence-corrected chi connectivity index (χ4v) is 1.71. The quantitative estimate of drug-likeness (QED) is 0.340. The zero-order valence-electron chi connectivity index (χ0n) is 9.29. The molecule has 19 heavy (non-hydrogen) atoms. The molecule has 1 amide bonds. The normalized spacial score (nSPS) is 12.4. The van der Waals surface area contributed by atoms with Crippen LogP contribution >= 0.6 is 47.0 Å². The zero-order valence-corrected chi connectivity index (χ0v) is 12.4. The molecule has 1 aromatic carbocycles. The van der Waals surface area contributed by atoms with Crippen LogP contribution in [0.4, 0.5) is 10.1 Å². The Balaban J connectivity index is 2.62. The van der Waals surface area contributed by atoms with Crippen molar-refractivity contribution in [2.24, 2.45) is 0 Å². The average Bonchev–Trinajstić information content (AvgIpc) is 2.30.